The number of carbonyl (C=O) groups excluding carboxylic acids is 3. The van der Waals surface area contributed by atoms with Crippen molar-refractivity contribution in [2.45, 2.75) is 10.1 Å². The number of thioether (sulfide) groups is 1. The lowest BCUT2D eigenvalue weighted by Gasteiger charge is -2.17. The van der Waals surface area contributed by atoms with E-state index in [4.69, 9.17) is 37.4 Å². The number of halogens is 2. The first-order valence-electron chi connectivity index (χ1n) is 16.9. The van der Waals surface area contributed by atoms with Crippen LogP contribution in [0.15, 0.2) is 131 Å². The van der Waals surface area contributed by atoms with Gasteiger partial charge in [-0.25, -0.2) is 4.98 Å². The van der Waals surface area contributed by atoms with Crippen LogP contribution in [0.3, 0.4) is 0 Å². The smallest absolute Gasteiger partial charge is 0.272 e. The van der Waals surface area contributed by atoms with Crippen molar-refractivity contribution in [1.29, 1.82) is 0 Å². The summed E-state index contributed by atoms with van der Waals surface area (Å²) in [4.78, 5) is 46.2. The first kappa shape index (κ1) is 39.9. The van der Waals surface area contributed by atoms with Gasteiger partial charge in [0.05, 0.1) is 37.1 Å². The number of hydrogen-bond donors (Lipinski definition) is 3. The average Bonchev–Trinajstić information content (AvgIpc) is 3.69. The minimum Gasteiger partial charge on any atom is -0.493 e. The Morgan fingerprint density at radius 2 is 1.43 bits per heavy atom. The third-order valence-electron chi connectivity index (χ3n) is 8.18. The Balaban J connectivity index is 1.21. The molecule has 1 heterocycles. The summed E-state index contributed by atoms with van der Waals surface area (Å²) in [5.74, 6) is -0.170. The van der Waals surface area contributed by atoms with Gasteiger partial charge in [-0.3, -0.25) is 14.4 Å². The van der Waals surface area contributed by atoms with Crippen LogP contribution in [-0.2, 0) is 9.59 Å². The van der Waals surface area contributed by atoms with Crippen LogP contribution >= 0.6 is 46.3 Å². The molecule has 10 nitrogen and oxygen atoms in total. The van der Waals surface area contributed by atoms with Gasteiger partial charge in [-0.1, -0.05) is 77.8 Å². The summed E-state index contributed by atoms with van der Waals surface area (Å²) in [5, 5.41) is 11.1. The second-order valence-corrected chi connectivity index (χ2v) is 14.7. The molecular weight excluding hydrogens is 792 g/mol. The van der Waals surface area contributed by atoms with Crippen molar-refractivity contribution in [1.82, 2.24) is 10.3 Å². The van der Waals surface area contributed by atoms with E-state index in [1.165, 1.54) is 50.5 Å². The maximum Gasteiger partial charge on any atom is 0.272 e. The topological polar surface area (TPSA) is 128 Å². The largest absolute Gasteiger partial charge is 0.493 e. The van der Waals surface area contributed by atoms with Crippen molar-refractivity contribution in [3.63, 3.8) is 0 Å². The van der Waals surface area contributed by atoms with Crippen LogP contribution in [0.2, 0.25) is 10.0 Å². The number of nitrogens with one attached hydrogen (secondary N) is 3. The van der Waals surface area contributed by atoms with Gasteiger partial charge in [0, 0.05) is 27.1 Å². The SMILES string of the molecule is COc1cc(/C=C(\NC(=O)c2ccccc2)C(=O)Nc2ccc(SC(C(=O)Nc3nc(-c4ccc(Cl)c(Cl)c4)cs3)c3ccccc3)cc2)cc(OC)c1OC. The van der Waals surface area contributed by atoms with Gasteiger partial charge in [-0.2, -0.15) is 0 Å². The summed E-state index contributed by atoms with van der Waals surface area (Å²) in [6.07, 6.45) is 1.52. The van der Waals surface area contributed by atoms with Crippen LogP contribution in [0.4, 0.5) is 10.8 Å². The van der Waals surface area contributed by atoms with Crippen LogP contribution in [-0.4, -0.2) is 44.0 Å². The van der Waals surface area contributed by atoms with E-state index in [-0.39, 0.29) is 11.6 Å². The number of amides is 3. The maximum atomic E-state index is 13.8. The molecule has 5 aromatic carbocycles. The molecule has 3 amide bonds. The zero-order valence-corrected chi connectivity index (χ0v) is 33.3. The average molecular weight is 826 g/mol. The molecule has 0 bridgehead atoms. The molecule has 6 rings (SSSR count). The van der Waals surface area contributed by atoms with E-state index in [9.17, 15) is 14.4 Å². The van der Waals surface area contributed by atoms with Crippen LogP contribution in [0.5, 0.6) is 17.2 Å². The van der Waals surface area contributed by atoms with E-state index in [1.807, 2.05) is 41.8 Å². The first-order chi connectivity index (χ1) is 27.1. The molecule has 0 aliphatic rings. The Kier molecular flexibility index (Phi) is 13.3. The number of methoxy groups -OCH3 is 3. The number of benzene rings is 5. The molecule has 1 atom stereocenters. The second-order valence-electron chi connectivity index (χ2n) is 11.9. The Morgan fingerprint density at radius 1 is 0.768 bits per heavy atom. The Labute approximate surface area is 341 Å². The molecule has 0 aliphatic heterocycles. The number of anilines is 2. The highest BCUT2D eigenvalue weighted by Gasteiger charge is 2.24. The van der Waals surface area contributed by atoms with Crippen molar-refractivity contribution in [2.75, 3.05) is 32.0 Å². The molecule has 3 N–H and O–H groups in total. The molecule has 1 aromatic heterocycles. The minimum absolute atomic E-state index is 0.0307. The molecule has 0 spiro atoms. The van der Waals surface area contributed by atoms with E-state index in [2.05, 4.69) is 20.9 Å². The highest BCUT2D eigenvalue weighted by molar-refractivity contribution is 8.00. The normalized spacial score (nSPS) is 11.6. The predicted octanol–water partition coefficient (Wildman–Crippen LogP) is 10.0. The van der Waals surface area contributed by atoms with Crippen molar-refractivity contribution >= 4 is 80.9 Å². The van der Waals surface area contributed by atoms with Gasteiger partial charge in [-0.15, -0.1) is 23.1 Å². The molecule has 0 aliphatic carbocycles. The molecule has 284 valence electrons. The fraction of sp³-hybridized carbons (Fsp3) is 0.0952. The number of carbonyl (C=O) groups is 3. The standard InChI is InChI=1S/C42H34Cl2N4O6S2/c1-52-35-21-25(22-36(53-2)37(35)54-3)20-33(46-39(49)27-12-8-5-9-13-27)40(50)45-29-15-17-30(18-16-29)56-38(26-10-6-4-7-11-26)41(51)48-42-47-34(24-55-42)28-14-19-31(43)32(44)23-28/h4-24,38H,1-3H3,(H,45,50)(H,46,49)(H,47,48,51)/b33-20-. The van der Waals surface area contributed by atoms with Crippen molar-refractivity contribution < 1.29 is 28.6 Å². The summed E-state index contributed by atoms with van der Waals surface area (Å²) in [7, 11) is 4.47. The van der Waals surface area contributed by atoms with E-state index >= 15 is 0 Å². The van der Waals surface area contributed by atoms with Gasteiger partial charge >= 0.3 is 0 Å². The second kappa shape index (κ2) is 18.7. The fourth-order valence-corrected chi connectivity index (χ4v) is 7.48. The van der Waals surface area contributed by atoms with Gasteiger partial charge in [0.1, 0.15) is 10.9 Å². The van der Waals surface area contributed by atoms with E-state index in [0.29, 0.717) is 54.9 Å². The van der Waals surface area contributed by atoms with Gasteiger partial charge in [0.2, 0.25) is 11.7 Å². The summed E-state index contributed by atoms with van der Waals surface area (Å²) in [6, 6.07) is 33.6. The quantitative estimate of drug-likeness (QED) is 0.0732. The summed E-state index contributed by atoms with van der Waals surface area (Å²) in [5.41, 5.74) is 3.55. The van der Waals surface area contributed by atoms with Crippen LogP contribution in [0.1, 0.15) is 26.7 Å². The van der Waals surface area contributed by atoms with E-state index < -0.39 is 17.1 Å². The third-order valence-corrected chi connectivity index (χ3v) is 10.9. The number of nitrogens with zero attached hydrogens (tertiary/aromatic N) is 1. The predicted molar refractivity (Wildman–Crippen MR) is 224 cm³/mol. The number of aromatic nitrogens is 1. The van der Waals surface area contributed by atoms with Crippen LogP contribution < -0.4 is 30.2 Å². The molecule has 1 unspecified atom stereocenters. The van der Waals surface area contributed by atoms with Crippen molar-refractivity contribution in [2.24, 2.45) is 0 Å². The first-order valence-corrected chi connectivity index (χ1v) is 19.4. The Hall–Kier alpha value is -5.79. The van der Waals surface area contributed by atoms with Crippen molar-refractivity contribution in [3.05, 3.63) is 153 Å². The minimum atomic E-state index is -0.629. The summed E-state index contributed by atoms with van der Waals surface area (Å²) in [6.45, 7) is 0. The zero-order chi connectivity index (χ0) is 39.6. The number of thiazole rings is 1. The number of rotatable bonds is 14. The molecule has 0 saturated heterocycles. The molecule has 0 saturated carbocycles. The highest BCUT2D eigenvalue weighted by Crippen LogP contribution is 2.40. The molecular formula is C42H34Cl2N4O6S2. The van der Waals surface area contributed by atoms with Crippen LogP contribution in [0, 0.1) is 0 Å². The van der Waals surface area contributed by atoms with Gasteiger partial charge in [0.25, 0.3) is 11.8 Å². The zero-order valence-electron chi connectivity index (χ0n) is 30.2. The lowest BCUT2D eigenvalue weighted by atomic mass is 10.1. The van der Waals surface area contributed by atoms with Crippen LogP contribution in [0.25, 0.3) is 17.3 Å². The van der Waals surface area contributed by atoms with Gasteiger partial charge < -0.3 is 30.2 Å². The molecule has 6 aromatic rings. The number of hydrogen-bond acceptors (Lipinski definition) is 9. The maximum absolute atomic E-state index is 13.8. The van der Waals surface area contributed by atoms with Gasteiger partial charge in [-0.05, 0) is 77.9 Å². The molecule has 56 heavy (non-hydrogen) atoms. The van der Waals surface area contributed by atoms with Gasteiger partial charge in [0.15, 0.2) is 16.6 Å². The summed E-state index contributed by atoms with van der Waals surface area (Å²) >= 11 is 14.9. The summed E-state index contributed by atoms with van der Waals surface area (Å²) < 4.78 is 16.4. The third kappa shape index (κ3) is 9.89. The van der Waals surface area contributed by atoms with E-state index in [0.717, 1.165) is 16.0 Å². The van der Waals surface area contributed by atoms with E-state index in [1.54, 1.807) is 78.9 Å². The lowest BCUT2D eigenvalue weighted by molar-refractivity contribution is -0.116. The molecule has 0 radical (unpaired) electrons. The highest BCUT2D eigenvalue weighted by atomic mass is 35.5. The number of ether oxygens (including phenoxy) is 3. The lowest BCUT2D eigenvalue weighted by Crippen LogP contribution is -2.30. The molecule has 0 fully saturated rings. The van der Waals surface area contributed by atoms with Crippen molar-refractivity contribution in [3.8, 4) is 28.5 Å². The molecule has 14 heteroatoms. The Morgan fingerprint density at radius 3 is 2.05 bits per heavy atom. The Bertz CT molecular complexity index is 2350. The monoisotopic (exact) mass is 824 g/mol. The fourth-order valence-electron chi connectivity index (χ4n) is 5.44.